The number of fused-ring (bicyclic) bond motifs is 1. The van der Waals surface area contributed by atoms with E-state index in [-0.39, 0.29) is 24.5 Å². The zero-order valence-corrected chi connectivity index (χ0v) is 19.7. The minimum absolute atomic E-state index is 0.0754. The monoisotopic (exact) mass is 469 g/mol. The highest BCUT2D eigenvalue weighted by Gasteiger charge is 2.31. The highest BCUT2D eigenvalue weighted by Crippen LogP contribution is 2.26. The number of hydrogen-bond acceptors (Lipinski definition) is 9. The molecule has 34 heavy (non-hydrogen) atoms. The van der Waals surface area contributed by atoms with E-state index in [4.69, 9.17) is 9.72 Å². The first kappa shape index (κ1) is 24.0. The summed E-state index contributed by atoms with van der Waals surface area (Å²) in [5, 5.41) is 11.2. The van der Waals surface area contributed by atoms with Crippen molar-refractivity contribution in [3.63, 3.8) is 0 Å². The van der Waals surface area contributed by atoms with Crippen molar-refractivity contribution in [2.24, 2.45) is 5.92 Å². The predicted molar refractivity (Wildman–Crippen MR) is 123 cm³/mol. The van der Waals surface area contributed by atoms with Crippen LogP contribution in [0.15, 0.2) is 30.6 Å². The van der Waals surface area contributed by atoms with Crippen molar-refractivity contribution in [3.8, 4) is 0 Å². The fourth-order valence-electron chi connectivity index (χ4n) is 4.38. The van der Waals surface area contributed by atoms with Crippen molar-refractivity contribution >= 4 is 22.8 Å². The summed E-state index contributed by atoms with van der Waals surface area (Å²) in [5.74, 6) is 0.158. The third kappa shape index (κ3) is 5.65. The second kappa shape index (κ2) is 11.3. The number of methoxy groups -OCH3 is 1. The molecule has 1 saturated heterocycles. The Bertz CT molecular complexity index is 1090. The molecule has 11 nitrogen and oxygen atoms in total. The number of hydrogen-bond donors (Lipinski definition) is 0. The minimum atomic E-state index is -0.395. The Balaban J connectivity index is 1.38. The molecule has 0 radical (unpaired) electrons. The molecule has 1 aliphatic heterocycles. The number of ether oxygens (including phenoxy) is 2. The van der Waals surface area contributed by atoms with Crippen LogP contribution in [-0.4, -0.2) is 79.4 Å². The zero-order chi connectivity index (χ0) is 23.9. The van der Waals surface area contributed by atoms with Crippen molar-refractivity contribution in [2.75, 3.05) is 26.8 Å². The van der Waals surface area contributed by atoms with Gasteiger partial charge in [0.2, 0.25) is 5.78 Å². The lowest BCUT2D eigenvalue weighted by molar-refractivity contribution is -0.152. The first-order valence-corrected chi connectivity index (χ1v) is 11.7. The van der Waals surface area contributed by atoms with Gasteiger partial charge in [-0.25, -0.2) is 14.5 Å². The van der Waals surface area contributed by atoms with Crippen molar-refractivity contribution in [1.82, 2.24) is 34.7 Å². The molecule has 4 rings (SSSR count). The van der Waals surface area contributed by atoms with Gasteiger partial charge in [-0.15, -0.1) is 5.10 Å². The van der Waals surface area contributed by atoms with Gasteiger partial charge in [0, 0.05) is 32.1 Å². The number of tetrazole rings is 1. The number of carbonyl (C=O) groups is 2. The molecule has 2 aromatic heterocycles. The van der Waals surface area contributed by atoms with Gasteiger partial charge in [0.05, 0.1) is 18.1 Å². The Morgan fingerprint density at radius 3 is 2.65 bits per heavy atom. The normalized spacial score (nSPS) is 16.1. The summed E-state index contributed by atoms with van der Waals surface area (Å²) >= 11 is 0. The third-order valence-electron chi connectivity index (χ3n) is 6.37. The summed E-state index contributed by atoms with van der Waals surface area (Å²) in [7, 11) is 1.34. The number of imidazole rings is 1. The van der Waals surface area contributed by atoms with Crippen molar-refractivity contribution < 1.29 is 19.1 Å². The van der Waals surface area contributed by atoms with E-state index in [2.05, 4.69) is 29.7 Å². The number of ketones is 1. The van der Waals surface area contributed by atoms with Crippen molar-refractivity contribution in [2.45, 2.75) is 51.9 Å². The molecule has 11 heteroatoms. The first-order chi connectivity index (χ1) is 16.6. The summed E-state index contributed by atoms with van der Waals surface area (Å²) in [6, 6.07) is 7.89. The quantitative estimate of drug-likeness (QED) is 0.236. The first-order valence-electron chi connectivity index (χ1n) is 11.7. The van der Waals surface area contributed by atoms with Gasteiger partial charge in [-0.1, -0.05) is 12.1 Å². The molecule has 1 unspecified atom stereocenters. The van der Waals surface area contributed by atoms with E-state index in [1.165, 1.54) is 7.11 Å². The van der Waals surface area contributed by atoms with Crippen LogP contribution in [0.1, 0.15) is 43.2 Å². The van der Waals surface area contributed by atoms with Crippen molar-refractivity contribution in [3.05, 3.63) is 36.4 Å². The number of likely N-dealkylation sites (tertiary alicyclic amines) is 1. The van der Waals surface area contributed by atoms with E-state index in [1.807, 2.05) is 31.2 Å². The SMILES string of the molecule is COC(=O)COC(C)N1CCC(C(=O)c2nc3ccccc3n2CCCCn2cnnn2)CC1. The van der Waals surface area contributed by atoms with Crippen LogP contribution in [0.5, 0.6) is 0 Å². The van der Waals surface area contributed by atoms with E-state index in [9.17, 15) is 9.59 Å². The van der Waals surface area contributed by atoms with Crippen LogP contribution in [0.25, 0.3) is 11.0 Å². The Labute approximate surface area is 198 Å². The molecule has 1 fully saturated rings. The number of rotatable bonds is 11. The second-order valence-corrected chi connectivity index (χ2v) is 8.52. The number of para-hydroxylation sites is 2. The van der Waals surface area contributed by atoms with E-state index in [1.54, 1.807) is 11.0 Å². The highest BCUT2D eigenvalue weighted by atomic mass is 16.6. The molecule has 0 saturated carbocycles. The highest BCUT2D eigenvalue weighted by molar-refractivity contribution is 5.98. The van der Waals surface area contributed by atoms with Gasteiger partial charge in [0.25, 0.3) is 0 Å². The lowest BCUT2D eigenvalue weighted by Gasteiger charge is -2.34. The fraction of sp³-hybridized carbons (Fsp3) is 0.565. The smallest absolute Gasteiger partial charge is 0.331 e. The van der Waals surface area contributed by atoms with Crippen LogP contribution in [-0.2, 0) is 27.4 Å². The molecule has 3 aromatic rings. The summed E-state index contributed by atoms with van der Waals surface area (Å²) in [5.41, 5.74) is 1.82. The van der Waals surface area contributed by atoms with Crippen LogP contribution in [0.3, 0.4) is 0 Å². The maximum Gasteiger partial charge on any atom is 0.331 e. The Morgan fingerprint density at radius 2 is 1.91 bits per heavy atom. The summed E-state index contributed by atoms with van der Waals surface area (Å²) < 4.78 is 14.0. The van der Waals surface area contributed by atoms with Crippen LogP contribution >= 0.6 is 0 Å². The van der Waals surface area contributed by atoms with E-state index >= 15 is 0 Å². The largest absolute Gasteiger partial charge is 0.467 e. The standard InChI is InChI=1S/C23H31N7O4/c1-17(34-15-21(31)33-2)28-13-9-18(10-14-28)22(32)23-25-19-7-3-4-8-20(19)30(23)12-6-5-11-29-16-24-26-27-29/h3-4,7-8,16-18H,5-6,9-15H2,1-2H3. The lowest BCUT2D eigenvalue weighted by atomic mass is 9.92. The number of benzene rings is 1. The Morgan fingerprint density at radius 1 is 1.15 bits per heavy atom. The molecular weight excluding hydrogens is 438 g/mol. The number of unbranched alkanes of at least 4 members (excludes halogenated alkanes) is 1. The van der Waals surface area contributed by atoms with Gasteiger partial charge >= 0.3 is 5.97 Å². The summed E-state index contributed by atoms with van der Waals surface area (Å²) in [6.07, 6.45) is 4.64. The minimum Gasteiger partial charge on any atom is -0.467 e. The summed E-state index contributed by atoms with van der Waals surface area (Å²) in [4.78, 5) is 31.7. The third-order valence-corrected chi connectivity index (χ3v) is 6.37. The van der Waals surface area contributed by atoms with Crippen molar-refractivity contribution in [1.29, 1.82) is 0 Å². The number of aromatic nitrogens is 6. The van der Waals surface area contributed by atoms with Gasteiger partial charge in [-0.3, -0.25) is 9.69 Å². The van der Waals surface area contributed by atoms with E-state index in [0.717, 1.165) is 56.4 Å². The Hall–Kier alpha value is -3.18. The Kier molecular flexibility index (Phi) is 7.96. The number of piperidine rings is 1. The number of nitrogens with zero attached hydrogens (tertiary/aromatic N) is 7. The summed E-state index contributed by atoms with van der Waals surface area (Å²) in [6.45, 7) is 4.74. The van der Waals surface area contributed by atoms with Crippen LogP contribution in [0.4, 0.5) is 0 Å². The molecule has 0 amide bonds. The van der Waals surface area contributed by atoms with Crippen LogP contribution < -0.4 is 0 Å². The maximum atomic E-state index is 13.5. The second-order valence-electron chi connectivity index (χ2n) is 8.52. The number of esters is 1. The number of aryl methyl sites for hydroxylation is 2. The molecule has 1 aliphatic rings. The number of carbonyl (C=O) groups excluding carboxylic acids is 2. The van der Waals surface area contributed by atoms with Gasteiger partial charge in [0.15, 0.2) is 5.82 Å². The van der Waals surface area contributed by atoms with Crippen LogP contribution in [0, 0.1) is 5.92 Å². The molecular formula is C23H31N7O4. The van der Waals surface area contributed by atoms with E-state index < -0.39 is 5.97 Å². The zero-order valence-electron chi connectivity index (χ0n) is 19.7. The maximum absolute atomic E-state index is 13.5. The van der Waals surface area contributed by atoms with E-state index in [0.29, 0.717) is 12.4 Å². The molecule has 0 aliphatic carbocycles. The molecule has 1 aromatic carbocycles. The number of Topliss-reactive ketones (excluding diaryl/α,β-unsaturated/α-hetero) is 1. The lowest BCUT2D eigenvalue weighted by Crippen LogP contribution is -2.43. The molecule has 1 atom stereocenters. The molecule has 182 valence electrons. The van der Waals surface area contributed by atoms with Crippen LogP contribution in [0.2, 0.25) is 0 Å². The predicted octanol–water partition coefficient (Wildman–Crippen LogP) is 1.93. The van der Waals surface area contributed by atoms with Gasteiger partial charge in [-0.05, 0) is 55.2 Å². The fourth-order valence-corrected chi connectivity index (χ4v) is 4.38. The van der Waals surface area contributed by atoms with Gasteiger partial charge in [-0.2, -0.15) is 0 Å². The topological polar surface area (TPSA) is 117 Å². The van der Waals surface area contributed by atoms with Gasteiger partial charge in [0.1, 0.15) is 19.2 Å². The van der Waals surface area contributed by atoms with Gasteiger partial charge < -0.3 is 14.0 Å². The average Bonchev–Trinajstić information content (AvgIpc) is 3.52. The molecule has 0 N–H and O–H groups in total. The molecule has 0 bridgehead atoms. The molecule has 3 heterocycles. The molecule has 0 spiro atoms. The average molecular weight is 470 g/mol.